The van der Waals surface area contributed by atoms with Gasteiger partial charge in [0, 0.05) is 58.3 Å². The van der Waals surface area contributed by atoms with Crippen molar-refractivity contribution in [2.24, 2.45) is 4.99 Å². The largest absolute Gasteiger partial charge is 0.469 e. The maximum atomic E-state index is 12.5. The van der Waals surface area contributed by atoms with E-state index in [9.17, 15) is 4.79 Å². The lowest BCUT2D eigenvalue weighted by molar-refractivity contribution is -0.136. The molecule has 0 radical (unpaired) electrons. The van der Waals surface area contributed by atoms with Gasteiger partial charge in [-0.05, 0) is 25.0 Å². The number of ether oxygens (including phenoxy) is 1. The standard InChI is InChI=1S/C22H35N5O3/c28-21(26-13-16-29-17-14-26)18-25-9-11-27(12-10-25)22(24-19-4-1-2-5-19)23-8-7-20-6-3-15-30-20/h3,6,15,19H,1-2,4-5,7-14,16-18H2,(H,23,24). The molecule has 4 rings (SSSR count). The van der Waals surface area contributed by atoms with Gasteiger partial charge in [-0.3, -0.25) is 14.7 Å². The van der Waals surface area contributed by atoms with E-state index < -0.39 is 0 Å². The first-order valence-corrected chi connectivity index (χ1v) is 11.4. The van der Waals surface area contributed by atoms with Crippen molar-refractivity contribution >= 4 is 11.9 Å². The van der Waals surface area contributed by atoms with Gasteiger partial charge in [-0.2, -0.15) is 0 Å². The van der Waals surface area contributed by atoms with E-state index >= 15 is 0 Å². The Balaban J connectivity index is 1.28. The number of carbonyl (C=O) groups is 1. The molecule has 1 amide bonds. The summed E-state index contributed by atoms with van der Waals surface area (Å²) in [5, 5.41) is 3.71. The van der Waals surface area contributed by atoms with E-state index in [0.717, 1.165) is 64.0 Å². The number of furan rings is 1. The van der Waals surface area contributed by atoms with Crippen LogP contribution in [0.4, 0.5) is 0 Å². The Labute approximate surface area is 179 Å². The monoisotopic (exact) mass is 417 g/mol. The number of nitrogens with one attached hydrogen (secondary N) is 1. The molecule has 1 N–H and O–H groups in total. The van der Waals surface area contributed by atoms with Crippen LogP contribution < -0.4 is 5.32 Å². The molecule has 2 saturated heterocycles. The van der Waals surface area contributed by atoms with E-state index in [2.05, 4.69) is 15.1 Å². The van der Waals surface area contributed by atoms with Gasteiger partial charge in [0.05, 0.1) is 26.0 Å². The molecule has 0 bridgehead atoms. The number of piperazine rings is 1. The highest BCUT2D eigenvalue weighted by atomic mass is 16.5. The number of hydrogen-bond donors (Lipinski definition) is 1. The van der Waals surface area contributed by atoms with Crippen molar-refractivity contribution < 1.29 is 13.9 Å². The predicted octanol–water partition coefficient (Wildman–Crippen LogP) is 1.19. The maximum Gasteiger partial charge on any atom is 0.236 e. The van der Waals surface area contributed by atoms with Gasteiger partial charge in [-0.15, -0.1) is 0 Å². The molecule has 3 aliphatic rings. The van der Waals surface area contributed by atoms with Gasteiger partial charge in [-0.1, -0.05) is 12.8 Å². The Bertz CT molecular complexity index is 673. The van der Waals surface area contributed by atoms with Crippen LogP contribution in [-0.2, 0) is 16.0 Å². The molecular formula is C22H35N5O3. The second-order valence-corrected chi connectivity index (χ2v) is 8.42. The predicted molar refractivity (Wildman–Crippen MR) is 116 cm³/mol. The van der Waals surface area contributed by atoms with E-state index in [1.165, 1.54) is 25.7 Å². The number of nitrogens with zero attached hydrogens (tertiary/aromatic N) is 4. The Morgan fingerprint density at radius 2 is 1.83 bits per heavy atom. The van der Waals surface area contributed by atoms with Crippen LogP contribution in [0, 0.1) is 0 Å². The summed E-state index contributed by atoms with van der Waals surface area (Å²) >= 11 is 0. The number of aliphatic imine (C=N–C) groups is 1. The molecule has 0 unspecified atom stereocenters. The lowest BCUT2D eigenvalue weighted by Crippen LogP contribution is -2.55. The molecular weight excluding hydrogens is 382 g/mol. The molecule has 3 fully saturated rings. The van der Waals surface area contributed by atoms with Gasteiger partial charge in [0.1, 0.15) is 5.76 Å². The fourth-order valence-electron chi connectivity index (χ4n) is 4.44. The number of amides is 1. The minimum absolute atomic E-state index is 0.225. The first-order valence-electron chi connectivity index (χ1n) is 11.4. The number of carbonyl (C=O) groups excluding carboxylic acids is 1. The van der Waals surface area contributed by atoms with Crippen LogP contribution in [0.1, 0.15) is 31.4 Å². The molecule has 8 nitrogen and oxygen atoms in total. The summed E-state index contributed by atoms with van der Waals surface area (Å²) in [6.07, 6.45) is 7.59. The zero-order valence-corrected chi connectivity index (χ0v) is 17.9. The molecule has 30 heavy (non-hydrogen) atoms. The Morgan fingerprint density at radius 3 is 2.53 bits per heavy atom. The second-order valence-electron chi connectivity index (χ2n) is 8.42. The van der Waals surface area contributed by atoms with E-state index in [-0.39, 0.29) is 5.91 Å². The molecule has 8 heteroatoms. The minimum atomic E-state index is 0.225. The van der Waals surface area contributed by atoms with Gasteiger partial charge >= 0.3 is 0 Å². The summed E-state index contributed by atoms with van der Waals surface area (Å²) in [7, 11) is 0. The lowest BCUT2D eigenvalue weighted by Gasteiger charge is -2.38. The van der Waals surface area contributed by atoms with Crippen LogP contribution in [0.15, 0.2) is 27.8 Å². The molecule has 0 aromatic carbocycles. The molecule has 3 heterocycles. The fourth-order valence-corrected chi connectivity index (χ4v) is 4.44. The van der Waals surface area contributed by atoms with Crippen LogP contribution in [0.3, 0.4) is 0 Å². The second kappa shape index (κ2) is 10.8. The average Bonchev–Trinajstić information content (AvgIpc) is 3.49. The molecule has 0 atom stereocenters. The van der Waals surface area contributed by atoms with Gasteiger partial charge in [0.2, 0.25) is 5.91 Å². The lowest BCUT2D eigenvalue weighted by atomic mass is 10.2. The van der Waals surface area contributed by atoms with Crippen molar-refractivity contribution in [1.29, 1.82) is 0 Å². The van der Waals surface area contributed by atoms with E-state index in [4.69, 9.17) is 14.1 Å². The smallest absolute Gasteiger partial charge is 0.236 e. The summed E-state index contributed by atoms with van der Waals surface area (Å²) < 4.78 is 10.8. The van der Waals surface area contributed by atoms with Crippen LogP contribution in [0.5, 0.6) is 0 Å². The third kappa shape index (κ3) is 5.98. The van der Waals surface area contributed by atoms with E-state index in [1.807, 2.05) is 17.0 Å². The fraction of sp³-hybridized carbons (Fsp3) is 0.727. The third-order valence-corrected chi connectivity index (χ3v) is 6.28. The molecule has 1 aromatic rings. The van der Waals surface area contributed by atoms with Crippen molar-refractivity contribution in [3.05, 3.63) is 24.2 Å². The van der Waals surface area contributed by atoms with Crippen molar-refractivity contribution in [2.45, 2.75) is 38.1 Å². The summed E-state index contributed by atoms with van der Waals surface area (Å²) in [4.78, 5) is 24.0. The van der Waals surface area contributed by atoms with Gasteiger partial charge < -0.3 is 24.3 Å². The number of rotatable bonds is 6. The van der Waals surface area contributed by atoms with Crippen LogP contribution in [0.2, 0.25) is 0 Å². The third-order valence-electron chi connectivity index (χ3n) is 6.28. The molecule has 1 aromatic heterocycles. The number of guanidine groups is 1. The highest BCUT2D eigenvalue weighted by Crippen LogP contribution is 2.18. The van der Waals surface area contributed by atoms with Crippen LogP contribution in [-0.4, -0.2) is 98.2 Å². The molecule has 2 aliphatic heterocycles. The van der Waals surface area contributed by atoms with Gasteiger partial charge in [-0.25, -0.2) is 0 Å². The topological polar surface area (TPSA) is 73.6 Å². The Hall–Kier alpha value is -2.06. The number of hydrogen-bond acceptors (Lipinski definition) is 5. The molecule has 0 spiro atoms. The maximum absolute atomic E-state index is 12.5. The summed E-state index contributed by atoms with van der Waals surface area (Å²) in [5.41, 5.74) is 0. The first kappa shape index (κ1) is 21.2. The highest BCUT2D eigenvalue weighted by Gasteiger charge is 2.26. The van der Waals surface area contributed by atoms with E-state index in [0.29, 0.717) is 25.8 Å². The zero-order valence-electron chi connectivity index (χ0n) is 17.9. The van der Waals surface area contributed by atoms with Crippen molar-refractivity contribution in [1.82, 2.24) is 20.0 Å². The SMILES string of the molecule is O=C(CN1CCN(C(=NCCc2ccco2)NC2CCCC2)CC1)N1CCOCC1. The minimum Gasteiger partial charge on any atom is -0.469 e. The highest BCUT2D eigenvalue weighted by molar-refractivity contribution is 5.81. The van der Waals surface area contributed by atoms with Gasteiger partial charge in [0.15, 0.2) is 5.96 Å². The zero-order chi connectivity index (χ0) is 20.6. The Morgan fingerprint density at radius 1 is 1.07 bits per heavy atom. The summed E-state index contributed by atoms with van der Waals surface area (Å²) in [5.74, 6) is 2.22. The normalized spacial score (nSPS) is 21.9. The van der Waals surface area contributed by atoms with Crippen molar-refractivity contribution in [3.8, 4) is 0 Å². The molecule has 166 valence electrons. The average molecular weight is 418 g/mol. The number of morpholine rings is 1. The molecule has 1 saturated carbocycles. The Kier molecular flexibility index (Phi) is 7.64. The van der Waals surface area contributed by atoms with Crippen LogP contribution in [0.25, 0.3) is 0 Å². The van der Waals surface area contributed by atoms with Crippen LogP contribution >= 0.6 is 0 Å². The summed E-state index contributed by atoms with van der Waals surface area (Å²) in [6, 6.07) is 4.46. The molecule has 1 aliphatic carbocycles. The summed E-state index contributed by atoms with van der Waals surface area (Å²) in [6.45, 7) is 7.55. The quantitative estimate of drug-likeness (QED) is 0.554. The van der Waals surface area contributed by atoms with Crippen molar-refractivity contribution in [3.63, 3.8) is 0 Å². The van der Waals surface area contributed by atoms with E-state index in [1.54, 1.807) is 6.26 Å². The van der Waals surface area contributed by atoms with Crippen molar-refractivity contribution in [2.75, 3.05) is 65.6 Å². The first-order chi connectivity index (χ1) is 14.8. The van der Waals surface area contributed by atoms with Gasteiger partial charge in [0.25, 0.3) is 0 Å².